The highest BCUT2D eigenvalue weighted by Gasteiger charge is 2.15. The summed E-state index contributed by atoms with van der Waals surface area (Å²) in [6.45, 7) is 1.67. The van der Waals surface area contributed by atoms with Crippen LogP contribution in [0.1, 0.15) is 24.9 Å². The van der Waals surface area contributed by atoms with E-state index < -0.39 is 10.0 Å². The van der Waals surface area contributed by atoms with Gasteiger partial charge in [0.2, 0.25) is 10.0 Å². The monoisotopic (exact) mass is 321 g/mol. The molecule has 1 aromatic rings. The van der Waals surface area contributed by atoms with Gasteiger partial charge in [-0.05, 0) is 31.0 Å². The lowest BCUT2D eigenvalue weighted by Crippen LogP contribution is -2.29. The zero-order chi connectivity index (χ0) is 12.9. The fourth-order valence-electron chi connectivity index (χ4n) is 1.43. The molecule has 96 valence electrons. The van der Waals surface area contributed by atoms with Crippen molar-refractivity contribution in [2.24, 2.45) is 0 Å². The predicted molar refractivity (Wildman–Crippen MR) is 71.2 cm³/mol. The SMILES string of the molecule is CC(NS(=O)(=O)CCCO)c1cccc(Br)c1. The van der Waals surface area contributed by atoms with Gasteiger partial charge < -0.3 is 5.11 Å². The molecule has 0 spiro atoms. The minimum Gasteiger partial charge on any atom is -0.396 e. The van der Waals surface area contributed by atoms with Crippen molar-refractivity contribution in [2.75, 3.05) is 12.4 Å². The molecular weight excluding hydrogens is 306 g/mol. The van der Waals surface area contributed by atoms with Crippen LogP contribution in [0.3, 0.4) is 0 Å². The first-order valence-corrected chi connectivity index (χ1v) is 7.75. The lowest BCUT2D eigenvalue weighted by molar-refractivity contribution is 0.295. The van der Waals surface area contributed by atoms with Gasteiger partial charge in [0.15, 0.2) is 0 Å². The van der Waals surface area contributed by atoms with E-state index in [9.17, 15) is 8.42 Å². The third-order valence-corrected chi connectivity index (χ3v) is 4.31. The summed E-state index contributed by atoms with van der Waals surface area (Å²) in [5.41, 5.74) is 0.895. The number of sulfonamides is 1. The number of aliphatic hydroxyl groups excluding tert-OH is 1. The molecule has 0 radical (unpaired) electrons. The molecular formula is C11H16BrNO3S. The second kappa shape index (κ2) is 6.49. The van der Waals surface area contributed by atoms with Gasteiger partial charge in [-0.3, -0.25) is 0 Å². The van der Waals surface area contributed by atoms with E-state index in [0.29, 0.717) is 0 Å². The van der Waals surface area contributed by atoms with Crippen molar-refractivity contribution in [3.05, 3.63) is 34.3 Å². The van der Waals surface area contributed by atoms with Crippen LogP contribution >= 0.6 is 15.9 Å². The van der Waals surface area contributed by atoms with E-state index in [4.69, 9.17) is 5.11 Å². The highest BCUT2D eigenvalue weighted by molar-refractivity contribution is 9.10. The van der Waals surface area contributed by atoms with Crippen molar-refractivity contribution in [2.45, 2.75) is 19.4 Å². The summed E-state index contributed by atoms with van der Waals surface area (Å²) >= 11 is 3.34. The van der Waals surface area contributed by atoms with Crippen LogP contribution in [0.25, 0.3) is 0 Å². The summed E-state index contributed by atoms with van der Waals surface area (Å²) in [6, 6.07) is 7.20. The van der Waals surface area contributed by atoms with Gasteiger partial charge in [-0.1, -0.05) is 28.1 Å². The van der Waals surface area contributed by atoms with Crippen LogP contribution in [-0.2, 0) is 10.0 Å². The predicted octanol–water partition coefficient (Wildman–Crippen LogP) is 1.81. The van der Waals surface area contributed by atoms with Gasteiger partial charge in [0.25, 0.3) is 0 Å². The maximum Gasteiger partial charge on any atom is 0.212 e. The van der Waals surface area contributed by atoms with Gasteiger partial charge in [-0.15, -0.1) is 0 Å². The van der Waals surface area contributed by atoms with Crippen molar-refractivity contribution in [1.82, 2.24) is 4.72 Å². The van der Waals surface area contributed by atoms with E-state index in [1.54, 1.807) is 6.92 Å². The third-order valence-electron chi connectivity index (χ3n) is 2.28. The average molecular weight is 322 g/mol. The number of aliphatic hydroxyl groups is 1. The van der Waals surface area contributed by atoms with Crippen LogP contribution in [0.15, 0.2) is 28.7 Å². The molecule has 0 heterocycles. The largest absolute Gasteiger partial charge is 0.396 e. The Morgan fingerprint density at radius 2 is 2.18 bits per heavy atom. The van der Waals surface area contributed by atoms with E-state index in [0.717, 1.165) is 10.0 Å². The molecule has 2 N–H and O–H groups in total. The van der Waals surface area contributed by atoms with E-state index in [-0.39, 0.29) is 24.8 Å². The Labute approximate surface area is 110 Å². The van der Waals surface area contributed by atoms with Gasteiger partial charge in [-0.2, -0.15) is 0 Å². The Balaban J connectivity index is 2.69. The molecule has 17 heavy (non-hydrogen) atoms. The molecule has 0 fully saturated rings. The smallest absolute Gasteiger partial charge is 0.212 e. The van der Waals surface area contributed by atoms with Gasteiger partial charge in [-0.25, -0.2) is 13.1 Å². The highest BCUT2D eigenvalue weighted by Crippen LogP contribution is 2.18. The van der Waals surface area contributed by atoms with E-state index >= 15 is 0 Å². The minimum absolute atomic E-state index is 0.0537. The normalized spacial score (nSPS) is 13.6. The Hall–Kier alpha value is -0.430. The number of hydrogen-bond donors (Lipinski definition) is 2. The van der Waals surface area contributed by atoms with Crippen LogP contribution in [-0.4, -0.2) is 25.9 Å². The Morgan fingerprint density at radius 3 is 2.76 bits per heavy atom. The minimum atomic E-state index is -3.33. The first kappa shape index (κ1) is 14.6. The molecule has 0 aliphatic rings. The van der Waals surface area contributed by atoms with Gasteiger partial charge in [0.05, 0.1) is 5.75 Å². The summed E-state index contributed by atoms with van der Waals surface area (Å²) in [5, 5.41) is 8.62. The van der Waals surface area contributed by atoms with Crippen molar-refractivity contribution in [1.29, 1.82) is 0 Å². The maximum absolute atomic E-state index is 11.6. The maximum atomic E-state index is 11.6. The molecule has 0 saturated heterocycles. The molecule has 1 rings (SSSR count). The zero-order valence-corrected chi connectivity index (χ0v) is 12.0. The number of nitrogens with one attached hydrogen (secondary N) is 1. The molecule has 0 saturated carbocycles. The van der Waals surface area contributed by atoms with Crippen LogP contribution in [0.5, 0.6) is 0 Å². The molecule has 0 bridgehead atoms. The standard InChI is InChI=1S/C11H16BrNO3S/c1-9(10-4-2-5-11(12)8-10)13-17(15,16)7-3-6-14/h2,4-5,8-9,13-14H,3,6-7H2,1H3. The van der Waals surface area contributed by atoms with Gasteiger partial charge in [0.1, 0.15) is 0 Å². The number of hydrogen-bond acceptors (Lipinski definition) is 3. The Morgan fingerprint density at radius 1 is 1.47 bits per heavy atom. The zero-order valence-electron chi connectivity index (χ0n) is 9.56. The molecule has 0 aliphatic heterocycles. The van der Waals surface area contributed by atoms with Crippen LogP contribution in [0, 0.1) is 0 Å². The fraction of sp³-hybridized carbons (Fsp3) is 0.455. The number of rotatable bonds is 6. The Kier molecular flexibility index (Phi) is 5.58. The molecule has 0 aromatic heterocycles. The molecule has 0 amide bonds. The molecule has 1 unspecified atom stereocenters. The first-order chi connectivity index (χ1) is 7.94. The summed E-state index contributed by atoms with van der Waals surface area (Å²) in [6.07, 6.45) is 0.251. The van der Waals surface area contributed by atoms with Gasteiger partial charge >= 0.3 is 0 Å². The quantitative estimate of drug-likeness (QED) is 0.839. The molecule has 1 aromatic carbocycles. The van der Waals surface area contributed by atoms with Crippen molar-refractivity contribution in [3.63, 3.8) is 0 Å². The van der Waals surface area contributed by atoms with Crippen LogP contribution < -0.4 is 4.72 Å². The van der Waals surface area contributed by atoms with E-state index in [2.05, 4.69) is 20.7 Å². The second-order valence-corrected chi connectivity index (χ2v) is 6.58. The van der Waals surface area contributed by atoms with Gasteiger partial charge in [0, 0.05) is 17.1 Å². The summed E-state index contributed by atoms with van der Waals surface area (Å²) < 4.78 is 26.7. The topological polar surface area (TPSA) is 66.4 Å². The summed E-state index contributed by atoms with van der Waals surface area (Å²) in [4.78, 5) is 0. The van der Waals surface area contributed by atoms with Crippen LogP contribution in [0.4, 0.5) is 0 Å². The fourth-order valence-corrected chi connectivity index (χ4v) is 3.15. The van der Waals surface area contributed by atoms with Crippen molar-refractivity contribution < 1.29 is 13.5 Å². The molecule has 4 nitrogen and oxygen atoms in total. The molecule has 0 aliphatic carbocycles. The molecule has 6 heteroatoms. The third kappa shape index (κ3) is 5.16. The number of benzene rings is 1. The summed E-state index contributed by atoms with van der Waals surface area (Å²) in [7, 11) is -3.33. The number of halogens is 1. The van der Waals surface area contributed by atoms with E-state index in [1.807, 2.05) is 24.3 Å². The van der Waals surface area contributed by atoms with E-state index in [1.165, 1.54) is 0 Å². The van der Waals surface area contributed by atoms with Crippen molar-refractivity contribution in [3.8, 4) is 0 Å². The summed E-state index contributed by atoms with van der Waals surface area (Å²) in [5.74, 6) is -0.0537. The first-order valence-electron chi connectivity index (χ1n) is 5.31. The molecule has 1 atom stereocenters. The van der Waals surface area contributed by atoms with Crippen molar-refractivity contribution >= 4 is 26.0 Å². The average Bonchev–Trinajstić information content (AvgIpc) is 2.26. The highest BCUT2D eigenvalue weighted by atomic mass is 79.9. The Bertz CT molecular complexity index is 462. The lowest BCUT2D eigenvalue weighted by Gasteiger charge is -2.14. The second-order valence-electron chi connectivity index (χ2n) is 3.79. The lowest BCUT2D eigenvalue weighted by atomic mass is 10.1. The van der Waals surface area contributed by atoms with Crippen LogP contribution in [0.2, 0.25) is 0 Å².